The fourth-order valence-corrected chi connectivity index (χ4v) is 6.26. The minimum Gasteiger partial charge on any atom is -0.356 e. The van der Waals surface area contributed by atoms with Gasteiger partial charge in [0.15, 0.2) is 9.84 Å². The van der Waals surface area contributed by atoms with Crippen LogP contribution in [0.1, 0.15) is 35.2 Å². The third kappa shape index (κ3) is 4.12. The first-order chi connectivity index (χ1) is 14.3. The second-order valence-corrected chi connectivity index (χ2v) is 10.3. The van der Waals surface area contributed by atoms with Gasteiger partial charge in [0.25, 0.3) is 5.91 Å². The molecule has 1 saturated carbocycles. The molecule has 4 rings (SSSR count). The molecule has 2 aromatic rings. The van der Waals surface area contributed by atoms with Crippen molar-refractivity contribution in [3.63, 3.8) is 0 Å². The van der Waals surface area contributed by atoms with E-state index in [2.05, 4.69) is 5.32 Å². The number of hydrogen-bond acceptors (Lipinski definition) is 4. The van der Waals surface area contributed by atoms with Crippen molar-refractivity contribution in [3.8, 4) is 0 Å². The van der Waals surface area contributed by atoms with E-state index in [-0.39, 0.29) is 40.0 Å². The lowest BCUT2D eigenvalue weighted by Crippen LogP contribution is -2.38. The van der Waals surface area contributed by atoms with Crippen LogP contribution in [0.4, 0.5) is 0 Å². The van der Waals surface area contributed by atoms with Gasteiger partial charge in [-0.2, -0.15) is 0 Å². The summed E-state index contributed by atoms with van der Waals surface area (Å²) in [6.07, 6.45) is 2.11. The van der Waals surface area contributed by atoms with Gasteiger partial charge in [-0.05, 0) is 42.4 Å². The number of rotatable bonds is 5. The molecule has 0 spiro atoms. The van der Waals surface area contributed by atoms with Crippen molar-refractivity contribution < 1.29 is 18.0 Å². The van der Waals surface area contributed by atoms with Crippen LogP contribution in [-0.4, -0.2) is 44.8 Å². The summed E-state index contributed by atoms with van der Waals surface area (Å²) in [5.41, 5.74) is 0.894. The lowest BCUT2D eigenvalue weighted by molar-refractivity contribution is -0.124. The second kappa shape index (κ2) is 8.22. The van der Waals surface area contributed by atoms with E-state index in [0.29, 0.717) is 24.4 Å². The van der Waals surface area contributed by atoms with Crippen LogP contribution < -0.4 is 5.32 Å². The fourth-order valence-electron chi connectivity index (χ4n) is 4.69. The zero-order valence-corrected chi connectivity index (χ0v) is 17.8. The summed E-state index contributed by atoms with van der Waals surface area (Å²) in [4.78, 5) is 26.7. The van der Waals surface area contributed by atoms with Crippen molar-refractivity contribution >= 4 is 21.7 Å². The summed E-state index contributed by atoms with van der Waals surface area (Å²) in [5.74, 6) is 0.299. The normalized spacial score (nSPS) is 23.5. The Balaban J connectivity index is 1.56. The van der Waals surface area contributed by atoms with Crippen LogP contribution in [0.25, 0.3) is 0 Å². The summed E-state index contributed by atoms with van der Waals surface area (Å²) in [6, 6.07) is 15.4. The molecule has 0 unspecified atom stereocenters. The lowest BCUT2D eigenvalue weighted by atomic mass is 9.89. The average molecular weight is 427 g/mol. The summed E-state index contributed by atoms with van der Waals surface area (Å²) in [7, 11) is -1.94. The minimum absolute atomic E-state index is 0.00471. The molecule has 7 heteroatoms. The van der Waals surface area contributed by atoms with E-state index in [1.807, 2.05) is 6.07 Å². The van der Waals surface area contributed by atoms with E-state index in [0.717, 1.165) is 12.8 Å². The molecule has 2 amide bonds. The molecule has 1 saturated heterocycles. The molecule has 0 aromatic heterocycles. The number of nitrogens with zero attached hydrogens (tertiary/aromatic N) is 1. The summed E-state index contributed by atoms with van der Waals surface area (Å²) in [5, 5.41) is 2.90. The van der Waals surface area contributed by atoms with Crippen LogP contribution in [0.3, 0.4) is 0 Å². The Labute approximate surface area is 177 Å². The molecular weight excluding hydrogens is 400 g/mol. The molecule has 1 N–H and O–H groups in total. The van der Waals surface area contributed by atoms with E-state index in [4.69, 9.17) is 0 Å². The lowest BCUT2D eigenvalue weighted by Gasteiger charge is -2.26. The molecular formula is C23H26N2O4S. The molecule has 0 radical (unpaired) electrons. The number of nitrogens with one attached hydrogen (secondary N) is 1. The minimum atomic E-state index is -3.68. The van der Waals surface area contributed by atoms with Gasteiger partial charge in [-0.15, -0.1) is 0 Å². The topological polar surface area (TPSA) is 83.6 Å². The molecule has 0 bridgehead atoms. The highest BCUT2D eigenvalue weighted by molar-refractivity contribution is 7.90. The maximum absolute atomic E-state index is 13.3. The monoisotopic (exact) mass is 426 g/mol. The van der Waals surface area contributed by atoms with Crippen molar-refractivity contribution in [3.05, 3.63) is 65.7 Å². The number of piperidine rings is 1. The Bertz CT molecular complexity index is 1050. The number of carbonyl (C=O) groups excluding carboxylic acids is 2. The Morgan fingerprint density at radius 3 is 2.47 bits per heavy atom. The number of fused-ring (bicyclic) bond motifs is 1. The van der Waals surface area contributed by atoms with Gasteiger partial charge in [-0.3, -0.25) is 9.59 Å². The molecule has 1 aliphatic heterocycles. The highest BCUT2D eigenvalue weighted by Gasteiger charge is 2.41. The Morgan fingerprint density at radius 1 is 1.03 bits per heavy atom. The van der Waals surface area contributed by atoms with Gasteiger partial charge in [0.2, 0.25) is 5.91 Å². The van der Waals surface area contributed by atoms with Crippen LogP contribution in [0.5, 0.6) is 0 Å². The third-order valence-electron chi connectivity index (χ3n) is 6.35. The van der Waals surface area contributed by atoms with Gasteiger partial charge in [-0.25, -0.2) is 8.42 Å². The molecule has 2 aliphatic rings. The molecule has 3 atom stereocenters. The number of amides is 2. The van der Waals surface area contributed by atoms with Crippen molar-refractivity contribution in [2.24, 2.45) is 11.8 Å². The molecule has 1 heterocycles. The van der Waals surface area contributed by atoms with Crippen molar-refractivity contribution in [2.45, 2.75) is 36.0 Å². The van der Waals surface area contributed by atoms with E-state index >= 15 is 0 Å². The van der Waals surface area contributed by atoms with Gasteiger partial charge in [0, 0.05) is 26.1 Å². The Morgan fingerprint density at radius 2 is 1.70 bits per heavy atom. The van der Waals surface area contributed by atoms with Crippen LogP contribution in [0.2, 0.25) is 0 Å². The van der Waals surface area contributed by atoms with Crippen molar-refractivity contribution in [2.75, 3.05) is 13.6 Å². The molecule has 30 heavy (non-hydrogen) atoms. The zero-order chi connectivity index (χ0) is 21.3. The number of benzene rings is 2. The SMILES string of the molecule is CN(C(=O)c1ccccc1S(=O)(=O)Cc1ccccc1)[C@H]1C[C@H]2CNC(=O)C[C@H]2C1. The predicted molar refractivity (Wildman–Crippen MR) is 113 cm³/mol. The first-order valence-electron chi connectivity index (χ1n) is 10.2. The van der Waals surface area contributed by atoms with Crippen LogP contribution in [0, 0.1) is 11.8 Å². The van der Waals surface area contributed by atoms with Crippen LogP contribution in [0.15, 0.2) is 59.5 Å². The largest absolute Gasteiger partial charge is 0.356 e. The number of sulfone groups is 1. The van der Waals surface area contributed by atoms with Crippen molar-refractivity contribution in [1.82, 2.24) is 10.2 Å². The average Bonchev–Trinajstić information content (AvgIpc) is 3.16. The predicted octanol–water partition coefficient (Wildman–Crippen LogP) is 2.65. The second-order valence-electron chi connectivity index (χ2n) is 8.31. The zero-order valence-electron chi connectivity index (χ0n) is 17.0. The molecule has 2 fully saturated rings. The fraction of sp³-hybridized carbons (Fsp3) is 0.391. The number of hydrogen-bond donors (Lipinski definition) is 1. The van der Waals surface area contributed by atoms with Gasteiger partial charge in [0.1, 0.15) is 0 Å². The van der Waals surface area contributed by atoms with E-state index in [1.165, 1.54) is 6.07 Å². The Hall–Kier alpha value is -2.67. The molecule has 2 aromatic carbocycles. The van der Waals surface area contributed by atoms with Crippen LogP contribution in [-0.2, 0) is 20.4 Å². The number of carbonyl (C=O) groups is 2. The highest BCUT2D eigenvalue weighted by atomic mass is 32.2. The van der Waals surface area contributed by atoms with E-state index in [9.17, 15) is 18.0 Å². The van der Waals surface area contributed by atoms with Gasteiger partial charge >= 0.3 is 0 Å². The summed E-state index contributed by atoms with van der Waals surface area (Å²) >= 11 is 0. The molecule has 6 nitrogen and oxygen atoms in total. The van der Waals surface area contributed by atoms with Gasteiger partial charge in [-0.1, -0.05) is 42.5 Å². The molecule has 1 aliphatic carbocycles. The standard InChI is InChI=1S/C23H26N2O4S/c1-25(19-11-17-13-22(26)24-14-18(17)12-19)23(27)20-9-5-6-10-21(20)30(28,29)15-16-7-3-2-4-8-16/h2-10,17-19H,11-15H2,1H3,(H,24,26)/t17-,18+,19-/m1/s1. The summed E-state index contributed by atoms with van der Waals surface area (Å²) < 4.78 is 26.2. The Kier molecular flexibility index (Phi) is 5.64. The van der Waals surface area contributed by atoms with E-state index in [1.54, 1.807) is 54.4 Å². The van der Waals surface area contributed by atoms with Crippen LogP contribution >= 0.6 is 0 Å². The maximum Gasteiger partial charge on any atom is 0.255 e. The maximum atomic E-state index is 13.3. The quantitative estimate of drug-likeness (QED) is 0.797. The van der Waals surface area contributed by atoms with Crippen molar-refractivity contribution in [1.29, 1.82) is 0 Å². The van der Waals surface area contributed by atoms with Gasteiger partial charge < -0.3 is 10.2 Å². The first-order valence-corrected chi connectivity index (χ1v) is 11.9. The third-order valence-corrected chi connectivity index (χ3v) is 8.08. The summed E-state index contributed by atoms with van der Waals surface area (Å²) in [6.45, 7) is 0.657. The molecule has 158 valence electrons. The van der Waals surface area contributed by atoms with Gasteiger partial charge in [0.05, 0.1) is 16.2 Å². The smallest absolute Gasteiger partial charge is 0.255 e. The first kappa shape index (κ1) is 20.6. The van der Waals surface area contributed by atoms with E-state index < -0.39 is 9.84 Å². The highest BCUT2D eigenvalue weighted by Crippen LogP contribution is 2.38.